The molecule has 1 aliphatic carbocycles. The summed E-state index contributed by atoms with van der Waals surface area (Å²) in [5, 5.41) is 8.74. The quantitative estimate of drug-likeness (QED) is 0.786. The first kappa shape index (κ1) is 10.7. The minimum Gasteiger partial charge on any atom is -0.480 e. The van der Waals surface area contributed by atoms with Crippen LogP contribution in [0.1, 0.15) is 23.3 Å². The van der Waals surface area contributed by atoms with Crippen molar-refractivity contribution in [2.45, 2.75) is 18.9 Å². The molecule has 1 saturated carbocycles. The lowest BCUT2D eigenvalue weighted by Crippen LogP contribution is -2.37. The van der Waals surface area contributed by atoms with Gasteiger partial charge in [0.25, 0.3) is 5.91 Å². The van der Waals surface area contributed by atoms with Gasteiger partial charge in [0, 0.05) is 19.3 Å². The maximum absolute atomic E-state index is 12.0. The fourth-order valence-electron chi connectivity index (χ4n) is 1.57. The summed E-state index contributed by atoms with van der Waals surface area (Å²) in [4.78, 5) is 27.9. The minimum absolute atomic E-state index is 0.0746. The number of imidazole rings is 1. The summed E-state index contributed by atoms with van der Waals surface area (Å²) in [5.74, 6) is -1.29. The van der Waals surface area contributed by atoms with Crippen molar-refractivity contribution in [2.75, 3.05) is 6.54 Å². The zero-order valence-electron chi connectivity index (χ0n) is 8.96. The highest BCUT2D eigenvalue weighted by atomic mass is 16.4. The lowest BCUT2D eigenvalue weighted by Gasteiger charge is -2.18. The van der Waals surface area contributed by atoms with Crippen molar-refractivity contribution >= 4 is 11.9 Å². The van der Waals surface area contributed by atoms with Crippen LogP contribution in [0.3, 0.4) is 0 Å². The Morgan fingerprint density at radius 2 is 2.31 bits per heavy atom. The Morgan fingerprint density at radius 1 is 1.62 bits per heavy atom. The number of carbonyl (C=O) groups is 2. The van der Waals surface area contributed by atoms with Crippen LogP contribution in [-0.2, 0) is 11.8 Å². The number of aryl methyl sites for hydroxylation is 1. The van der Waals surface area contributed by atoms with Crippen LogP contribution in [0, 0.1) is 0 Å². The topological polar surface area (TPSA) is 75.4 Å². The second-order valence-electron chi connectivity index (χ2n) is 3.98. The Labute approximate surface area is 92.5 Å². The van der Waals surface area contributed by atoms with Gasteiger partial charge in [-0.15, -0.1) is 0 Å². The van der Waals surface area contributed by atoms with E-state index in [0.29, 0.717) is 5.69 Å². The number of rotatable bonds is 4. The van der Waals surface area contributed by atoms with E-state index in [0.717, 1.165) is 12.8 Å². The third-order valence-electron chi connectivity index (χ3n) is 2.48. The Balaban J connectivity index is 2.13. The maximum atomic E-state index is 12.0. The first-order valence-corrected chi connectivity index (χ1v) is 5.08. The molecular formula is C10H13N3O3. The van der Waals surface area contributed by atoms with Gasteiger partial charge in [-0.25, -0.2) is 4.98 Å². The van der Waals surface area contributed by atoms with Crippen molar-refractivity contribution in [1.29, 1.82) is 0 Å². The molecule has 0 atom stereocenters. The zero-order valence-corrected chi connectivity index (χ0v) is 8.96. The molecule has 2 rings (SSSR count). The number of carbonyl (C=O) groups excluding carboxylic acids is 1. The Kier molecular flexibility index (Phi) is 2.64. The van der Waals surface area contributed by atoms with Gasteiger partial charge in [0.2, 0.25) is 0 Å². The molecule has 6 heteroatoms. The van der Waals surface area contributed by atoms with Gasteiger partial charge in [0.15, 0.2) is 0 Å². The smallest absolute Gasteiger partial charge is 0.323 e. The molecule has 1 aromatic rings. The molecule has 16 heavy (non-hydrogen) atoms. The first-order chi connectivity index (χ1) is 7.58. The molecule has 6 nitrogen and oxygen atoms in total. The van der Waals surface area contributed by atoms with Crippen molar-refractivity contribution in [3.63, 3.8) is 0 Å². The van der Waals surface area contributed by atoms with Crippen LogP contribution in [0.5, 0.6) is 0 Å². The first-order valence-electron chi connectivity index (χ1n) is 5.08. The van der Waals surface area contributed by atoms with E-state index in [1.807, 2.05) is 0 Å². The molecule has 0 aliphatic heterocycles. The number of nitrogens with zero attached hydrogens (tertiary/aromatic N) is 3. The molecule has 1 amide bonds. The largest absolute Gasteiger partial charge is 0.480 e. The normalized spacial score (nSPS) is 14.8. The lowest BCUT2D eigenvalue weighted by atomic mass is 10.3. The second-order valence-corrected chi connectivity index (χ2v) is 3.98. The number of amides is 1. The Bertz CT molecular complexity index is 423. The summed E-state index contributed by atoms with van der Waals surface area (Å²) in [5.41, 5.74) is 0.302. The van der Waals surface area contributed by atoms with E-state index in [1.54, 1.807) is 17.8 Å². The zero-order chi connectivity index (χ0) is 11.7. The van der Waals surface area contributed by atoms with Gasteiger partial charge in [0.1, 0.15) is 12.2 Å². The van der Waals surface area contributed by atoms with E-state index < -0.39 is 5.97 Å². The van der Waals surface area contributed by atoms with Crippen LogP contribution < -0.4 is 0 Å². The van der Waals surface area contributed by atoms with Gasteiger partial charge < -0.3 is 14.6 Å². The number of carboxylic acids is 1. The molecule has 1 aromatic heterocycles. The molecule has 0 aromatic carbocycles. The fraction of sp³-hybridized carbons (Fsp3) is 0.500. The average molecular weight is 223 g/mol. The van der Waals surface area contributed by atoms with Crippen LogP contribution in [0.4, 0.5) is 0 Å². The van der Waals surface area contributed by atoms with Gasteiger partial charge in [0.05, 0.1) is 6.33 Å². The van der Waals surface area contributed by atoms with E-state index in [9.17, 15) is 9.59 Å². The Hall–Kier alpha value is -1.85. The van der Waals surface area contributed by atoms with Gasteiger partial charge in [-0.1, -0.05) is 0 Å². The molecule has 0 bridgehead atoms. The molecule has 86 valence electrons. The summed E-state index contributed by atoms with van der Waals surface area (Å²) < 4.78 is 1.67. The van der Waals surface area contributed by atoms with Crippen molar-refractivity contribution in [3.8, 4) is 0 Å². The molecular weight excluding hydrogens is 210 g/mol. The van der Waals surface area contributed by atoms with Crippen LogP contribution >= 0.6 is 0 Å². The van der Waals surface area contributed by atoms with E-state index in [4.69, 9.17) is 5.11 Å². The van der Waals surface area contributed by atoms with E-state index in [-0.39, 0.29) is 18.5 Å². The molecule has 1 aliphatic rings. The Morgan fingerprint density at radius 3 is 2.75 bits per heavy atom. The van der Waals surface area contributed by atoms with Gasteiger partial charge in [-0.2, -0.15) is 0 Å². The maximum Gasteiger partial charge on any atom is 0.323 e. The third-order valence-corrected chi connectivity index (χ3v) is 2.48. The highest BCUT2D eigenvalue weighted by molar-refractivity contribution is 5.94. The van der Waals surface area contributed by atoms with Crippen molar-refractivity contribution in [3.05, 3.63) is 18.2 Å². The van der Waals surface area contributed by atoms with E-state index >= 15 is 0 Å². The van der Waals surface area contributed by atoms with Crippen LogP contribution in [0.2, 0.25) is 0 Å². The number of hydrogen-bond donors (Lipinski definition) is 1. The lowest BCUT2D eigenvalue weighted by molar-refractivity contribution is -0.137. The van der Waals surface area contributed by atoms with Crippen molar-refractivity contribution < 1.29 is 14.7 Å². The van der Waals surface area contributed by atoms with Crippen LogP contribution in [0.25, 0.3) is 0 Å². The molecule has 0 unspecified atom stereocenters. The van der Waals surface area contributed by atoms with Gasteiger partial charge >= 0.3 is 5.97 Å². The summed E-state index contributed by atoms with van der Waals surface area (Å²) in [7, 11) is 1.77. The molecule has 0 spiro atoms. The summed E-state index contributed by atoms with van der Waals surface area (Å²) in [6, 6.07) is 0.0746. The summed E-state index contributed by atoms with van der Waals surface area (Å²) in [6.45, 7) is -0.250. The molecule has 1 N–H and O–H groups in total. The molecule has 1 heterocycles. The highest BCUT2D eigenvalue weighted by Crippen LogP contribution is 2.27. The number of aliphatic carboxylic acids is 1. The number of hydrogen-bond acceptors (Lipinski definition) is 3. The van der Waals surface area contributed by atoms with E-state index in [1.165, 1.54) is 11.2 Å². The molecule has 1 fully saturated rings. The summed E-state index contributed by atoms with van der Waals surface area (Å²) >= 11 is 0. The van der Waals surface area contributed by atoms with Crippen molar-refractivity contribution in [1.82, 2.24) is 14.5 Å². The predicted octanol–water partition coefficient (Wildman–Crippen LogP) is 0.109. The number of carboxylic acid groups (broad SMARTS) is 1. The molecule has 0 radical (unpaired) electrons. The monoisotopic (exact) mass is 223 g/mol. The SMILES string of the molecule is Cn1cnc(C(=O)N(CC(=O)O)C2CC2)c1. The van der Waals surface area contributed by atoms with Crippen LogP contribution in [0.15, 0.2) is 12.5 Å². The fourth-order valence-corrected chi connectivity index (χ4v) is 1.57. The second kappa shape index (κ2) is 3.96. The standard InChI is InChI=1S/C10H13N3O3/c1-12-4-8(11-6-12)10(16)13(5-9(14)15)7-2-3-7/h4,6-7H,2-3,5H2,1H3,(H,14,15). The third kappa shape index (κ3) is 2.21. The predicted molar refractivity (Wildman–Crippen MR) is 54.9 cm³/mol. The summed E-state index contributed by atoms with van der Waals surface area (Å²) in [6.07, 6.45) is 4.89. The average Bonchev–Trinajstić information content (AvgIpc) is 2.96. The van der Waals surface area contributed by atoms with Crippen molar-refractivity contribution in [2.24, 2.45) is 7.05 Å². The highest BCUT2D eigenvalue weighted by Gasteiger charge is 2.34. The minimum atomic E-state index is -0.990. The number of aromatic nitrogens is 2. The van der Waals surface area contributed by atoms with E-state index in [2.05, 4.69) is 4.98 Å². The molecule has 0 saturated heterocycles. The van der Waals surface area contributed by atoms with Gasteiger partial charge in [-0.3, -0.25) is 9.59 Å². The van der Waals surface area contributed by atoms with Gasteiger partial charge in [-0.05, 0) is 12.8 Å². The van der Waals surface area contributed by atoms with Crippen LogP contribution in [-0.4, -0.2) is 44.0 Å².